The molecule has 1 heterocycles. The Morgan fingerprint density at radius 2 is 2.00 bits per heavy atom. The number of rotatable bonds is 6. The smallest absolute Gasteiger partial charge is 0.322 e. The fraction of sp³-hybridized carbons (Fsp3) is 0.500. The lowest BCUT2D eigenvalue weighted by Crippen LogP contribution is -2.48. The summed E-state index contributed by atoms with van der Waals surface area (Å²) in [6, 6.07) is 3.14. The lowest BCUT2D eigenvalue weighted by atomic mass is 10.1. The predicted octanol–water partition coefficient (Wildman–Crippen LogP) is 1.04. The van der Waals surface area contributed by atoms with Crippen molar-refractivity contribution in [1.29, 1.82) is 0 Å². The lowest BCUT2D eigenvalue weighted by molar-refractivity contribution is -0.142. The number of esters is 1. The average molecular weight is 371 g/mol. The number of carbonyl (C=O) groups is 2. The number of carbonyl (C=O) groups excluding carboxylic acids is 1. The minimum Gasteiger partial charge on any atom is -0.497 e. The van der Waals surface area contributed by atoms with Crippen LogP contribution >= 0.6 is 0 Å². The minimum atomic E-state index is -4.08. The Bertz CT molecular complexity index is 760. The third kappa shape index (κ3) is 4.10. The highest BCUT2D eigenvalue weighted by Crippen LogP contribution is 2.30. The molecule has 0 spiro atoms. The molecule has 1 aromatic rings. The van der Waals surface area contributed by atoms with E-state index in [-0.39, 0.29) is 29.8 Å². The van der Waals surface area contributed by atoms with Crippen molar-refractivity contribution in [3.05, 3.63) is 23.8 Å². The summed E-state index contributed by atoms with van der Waals surface area (Å²) in [7, 11) is -1.44. The van der Waals surface area contributed by atoms with Gasteiger partial charge in [-0.25, -0.2) is 8.42 Å². The number of methoxy groups -OCH3 is 2. The predicted molar refractivity (Wildman–Crippen MR) is 87.9 cm³/mol. The van der Waals surface area contributed by atoms with Crippen LogP contribution in [0.3, 0.4) is 0 Å². The summed E-state index contributed by atoms with van der Waals surface area (Å²) >= 11 is 0. The summed E-state index contributed by atoms with van der Waals surface area (Å²) in [5.41, 5.74) is 0.209. The van der Waals surface area contributed by atoms with Crippen molar-refractivity contribution in [2.24, 2.45) is 0 Å². The zero-order valence-electron chi connectivity index (χ0n) is 14.1. The summed E-state index contributed by atoms with van der Waals surface area (Å²) in [5, 5.41) is 9.35. The van der Waals surface area contributed by atoms with Gasteiger partial charge in [0.15, 0.2) is 0 Å². The van der Waals surface area contributed by atoms with Crippen LogP contribution in [0, 0.1) is 0 Å². The van der Waals surface area contributed by atoms with E-state index in [1.807, 2.05) is 0 Å². The van der Waals surface area contributed by atoms with Gasteiger partial charge in [-0.15, -0.1) is 0 Å². The Kier molecular flexibility index (Phi) is 6.02. The Hall–Kier alpha value is -2.13. The minimum absolute atomic E-state index is 0.105. The first-order valence-electron chi connectivity index (χ1n) is 7.79. The van der Waals surface area contributed by atoms with E-state index in [0.29, 0.717) is 18.6 Å². The maximum atomic E-state index is 13.1. The van der Waals surface area contributed by atoms with Gasteiger partial charge in [0, 0.05) is 6.54 Å². The van der Waals surface area contributed by atoms with Gasteiger partial charge < -0.3 is 14.6 Å². The number of ether oxygens (including phenoxy) is 2. The number of hydrogen-bond acceptors (Lipinski definition) is 6. The first-order valence-corrected chi connectivity index (χ1v) is 9.23. The number of sulfonamides is 1. The molecule has 1 aromatic carbocycles. The van der Waals surface area contributed by atoms with Crippen molar-refractivity contribution < 1.29 is 32.6 Å². The highest BCUT2D eigenvalue weighted by Gasteiger charge is 2.38. The number of benzene rings is 1. The summed E-state index contributed by atoms with van der Waals surface area (Å²) < 4.78 is 36.8. The Balaban J connectivity index is 2.50. The van der Waals surface area contributed by atoms with Gasteiger partial charge in [0.2, 0.25) is 10.0 Å². The molecule has 1 unspecified atom stereocenters. The SMILES string of the molecule is COC(=O)Cc1cc(OC)ccc1S(=O)(=O)N1CCCCC1C(=O)O. The summed E-state index contributed by atoms with van der Waals surface area (Å²) in [6.45, 7) is 0.128. The summed E-state index contributed by atoms with van der Waals surface area (Å²) in [6.07, 6.45) is 1.25. The molecule has 0 amide bonds. The summed E-state index contributed by atoms with van der Waals surface area (Å²) in [4.78, 5) is 23.0. The van der Waals surface area contributed by atoms with Gasteiger partial charge in [-0.05, 0) is 43.0 Å². The molecular formula is C16H21NO7S. The van der Waals surface area contributed by atoms with Gasteiger partial charge in [-0.1, -0.05) is 0 Å². The number of piperidine rings is 1. The third-order valence-corrected chi connectivity index (χ3v) is 6.16. The molecule has 1 aliphatic heterocycles. The van der Waals surface area contributed by atoms with Gasteiger partial charge in [0.25, 0.3) is 0 Å². The molecule has 1 saturated heterocycles. The van der Waals surface area contributed by atoms with E-state index in [2.05, 4.69) is 4.74 Å². The highest BCUT2D eigenvalue weighted by molar-refractivity contribution is 7.89. The van der Waals surface area contributed by atoms with E-state index in [0.717, 1.165) is 4.31 Å². The van der Waals surface area contributed by atoms with Crippen LogP contribution in [0.2, 0.25) is 0 Å². The molecule has 1 fully saturated rings. The number of hydrogen-bond donors (Lipinski definition) is 1. The molecule has 138 valence electrons. The molecule has 8 nitrogen and oxygen atoms in total. The van der Waals surface area contributed by atoms with Crippen molar-refractivity contribution in [2.45, 2.75) is 36.6 Å². The molecule has 1 N–H and O–H groups in total. The third-order valence-electron chi connectivity index (χ3n) is 4.16. The van der Waals surface area contributed by atoms with Gasteiger partial charge in [0.05, 0.1) is 25.5 Å². The molecular weight excluding hydrogens is 350 g/mol. The number of carboxylic acid groups (broad SMARTS) is 1. The molecule has 0 aromatic heterocycles. The largest absolute Gasteiger partial charge is 0.497 e. The lowest BCUT2D eigenvalue weighted by Gasteiger charge is -2.32. The van der Waals surface area contributed by atoms with E-state index >= 15 is 0 Å². The summed E-state index contributed by atoms with van der Waals surface area (Å²) in [5.74, 6) is -1.38. The normalized spacial score (nSPS) is 18.6. The van der Waals surface area contributed by atoms with E-state index in [1.165, 1.54) is 32.4 Å². The van der Waals surface area contributed by atoms with E-state index in [9.17, 15) is 23.1 Å². The standard InChI is InChI=1S/C16H21NO7S/c1-23-12-6-7-14(11(9-12)10-15(18)24-2)25(21,22)17-8-4-3-5-13(17)16(19)20/h6-7,9,13H,3-5,8,10H2,1-2H3,(H,19,20). The van der Waals surface area contributed by atoms with Crippen LogP contribution < -0.4 is 4.74 Å². The zero-order valence-corrected chi connectivity index (χ0v) is 14.9. The second-order valence-corrected chi connectivity index (χ2v) is 7.55. The van der Waals surface area contributed by atoms with Gasteiger partial charge >= 0.3 is 11.9 Å². The fourth-order valence-corrected chi connectivity index (χ4v) is 4.72. The van der Waals surface area contributed by atoms with E-state index < -0.39 is 28.0 Å². The van der Waals surface area contributed by atoms with Crippen molar-refractivity contribution in [2.75, 3.05) is 20.8 Å². The average Bonchev–Trinajstić information content (AvgIpc) is 2.61. The Morgan fingerprint density at radius 1 is 1.28 bits per heavy atom. The molecule has 0 saturated carbocycles. The number of aliphatic carboxylic acids is 1. The van der Waals surface area contributed by atoms with Gasteiger partial charge in [-0.2, -0.15) is 4.31 Å². The monoisotopic (exact) mass is 371 g/mol. The van der Waals surface area contributed by atoms with Crippen molar-refractivity contribution in [3.8, 4) is 5.75 Å². The van der Waals surface area contributed by atoms with Crippen LogP contribution in [0.1, 0.15) is 24.8 Å². The van der Waals surface area contributed by atoms with Crippen LogP contribution in [0.15, 0.2) is 23.1 Å². The Morgan fingerprint density at radius 3 is 2.60 bits per heavy atom. The molecule has 1 aliphatic rings. The first kappa shape index (κ1) is 19.2. The fourth-order valence-electron chi connectivity index (χ4n) is 2.87. The van der Waals surface area contributed by atoms with E-state index in [4.69, 9.17) is 4.74 Å². The van der Waals surface area contributed by atoms with Crippen LogP contribution in [0.4, 0.5) is 0 Å². The van der Waals surface area contributed by atoms with Crippen molar-refractivity contribution in [1.82, 2.24) is 4.31 Å². The second kappa shape index (κ2) is 7.83. The molecule has 2 rings (SSSR count). The first-order chi connectivity index (χ1) is 11.8. The van der Waals surface area contributed by atoms with Crippen LogP contribution in [0.25, 0.3) is 0 Å². The number of nitrogens with zero attached hydrogens (tertiary/aromatic N) is 1. The molecule has 0 aliphatic carbocycles. The second-order valence-electron chi connectivity index (χ2n) is 5.69. The highest BCUT2D eigenvalue weighted by atomic mass is 32.2. The van der Waals surface area contributed by atoms with Crippen LogP contribution in [-0.4, -0.2) is 56.6 Å². The van der Waals surface area contributed by atoms with Crippen LogP contribution in [-0.2, 0) is 30.8 Å². The zero-order chi connectivity index (χ0) is 18.6. The maximum Gasteiger partial charge on any atom is 0.322 e. The molecule has 25 heavy (non-hydrogen) atoms. The molecule has 1 atom stereocenters. The quantitative estimate of drug-likeness (QED) is 0.744. The molecule has 9 heteroatoms. The molecule has 0 radical (unpaired) electrons. The topological polar surface area (TPSA) is 110 Å². The van der Waals surface area contributed by atoms with Crippen molar-refractivity contribution in [3.63, 3.8) is 0 Å². The molecule has 0 bridgehead atoms. The maximum absolute atomic E-state index is 13.1. The van der Waals surface area contributed by atoms with Gasteiger partial charge in [0.1, 0.15) is 11.8 Å². The van der Waals surface area contributed by atoms with Gasteiger partial charge in [-0.3, -0.25) is 9.59 Å². The van der Waals surface area contributed by atoms with E-state index in [1.54, 1.807) is 0 Å². The Labute approximate surface area is 146 Å². The van der Waals surface area contributed by atoms with Crippen LogP contribution in [0.5, 0.6) is 5.75 Å². The number of carboxylic acids is 1. The van der Waals surface area contributed by atoms with Crippen molar-refractivity contribution >= 4 is 22.0 Å².